The summed E-state index contributed by atoms with van der Waals surface area (Å²) in [5, 5.41) is 7.32. The van der Waals surface area contributed by atoms with Gasteiger partial charge in [-0.25, -0.2) is 0 Å². The van der Waals surface area contributed by atoms with Crippen LogP contribution in [0.4, 0.5) is 0 Å². The normalized spacial score (nSPS) is 13.2. The maximum Gasteiger partial charge on any atom is 0.0521 e. The highest BCUT2D eigenvalue weighted by atomic mass is 15.2. The topological polar surface area (TPSA) is 29.9 Å². The Hall–Kier alpha value is -0.830. The molecule has 0 bridgehead atoms. The molecular weight excluding hydrogens is 162 g/mol. The summed E-state index contributed by atoms with van der Waals surface area (Å²) in [6, 6.07) is 0. The fourth-order valence-electron chi connectivity index (χ4n) is 1.47. The van der Waals surface area contributed by atoms with Crippen LogP contribution in [0, 0.1) is 5.92 Å². The van der Waals surface area contributed by atoms with Gasteiger partial charge in [-0.15, -0.1) is 0 Å². The molecular formula is C10H19N3. The molecule has 0 aliphatic heterocycles. The second kappa shape index (κ2) is 5.02. The van der Waals surface area contributed by atoms with Gasteiger partial charge in [0, 0.05) is 13.2 Å². The lowest BCUT2D eigenvalue weighted by molar-refractivity contribution is 0.515. The zero-order valence-electron chi connectivity index (χ0n) is 8.75. The average molecular weight is 181 g/mol. The van der Waals surface area contributed by atoms with Crippen molar-refractivity contribution in [3.63, 3.8) is 0 Å². The predicted molar refractivity (Wildman–Crippen MR) is 54.6 cm³/mol. The number of hydrogen-bond acceptors (Lipinski definition) is 2. The van der Waals surface area contributed by atoms with Crippen molar-refractivity contribution in [2.24, 2.45) is 13.0 Å². The highest BCUT2D eigenvalue weighted by molar-refractivity contribution is 5.04. The van der Waals surface area contributed by atoms with Crippen molar-refractivity contribution >= 4 is 0 Å². The third-order valence-corrected chi connectivity index (χ3v) is 2.23. The minimum atomic E-state index is 0.733. The summed E-state index contributed by atoms with van der Waals surface area (Å²) >= 11 is 0. The van der Waals surface area contributed by atoms with E-state index >= 15 is 0 Å². The van der Waals surface area contributed by atoms with Crippen molar-refractivity contribution in [2.45, 2.75) is 19.8 Å². The Bertz CT molecular complexity index is 242. The standard InChI is InChI=1S/C10H19N3/c1-9(4-5-11-2)6-10-7-12-13(3)8-10/h7-9,11H,4-6H2,1-3H3. The number of aryl methyl sites for hydroxylation is 1. The number of nitrogens with zero attached hydrogens (tertiary/aromatic N) is 2. The number of aromatic nitrogens is 2. The van der Waals surface area contributed by atoms with E-state index in [2.05, 4.69) is 23.5 Å². The van der Waals surface area contributed by atoms with E-state index in [-0.39, 0.29) is 0 Å². The van der Waals surface area contributed by atoms with Gasteiger partial charge in [-0.2, -0.15) is 5.10 Å². The van der Waals surface area contributed by atoms with Crippen LogP contribution < -0.4 is 5.32 Å². The fourth-order valence-corrected chi connectivity index (χ4v) is 1.47. The third kappa shape index (κ3) is 3.59. The molecule has 1 atom stereocenters. The smallest absolute Gasteiger partial charge is 0.0521 e. The van der Waals surface area contributed by atoms with Crippen LogP contribution in [0.3, 0.4) is 0 Å². The third-order valence-electron chi connectivity index (χ3n) is 2.23. The maximum atomic E-state index is 4.15. The maximum absolute atomic E-state index is 4.15. The Morgan fingerprint density at radius 2 is 2.38 bits per heavy atom. The highest BCUT2D eigenvalue weighted by Gasteiger charge is 2.04. The Labute approximate surface area is 80.1 Å². The van der Waals surface area contributed by atoms with E-state index in [1.165, 1.54) is 12.0 Å². The predicted octanol–water partition coefficient (Wildman–Crippen LogP) is 1.21. The monoisotopic (exact) mass is 181 g/mol. The molecule has 1 N–H and O–H groups in total. The summed E-state index contributed by atoms with van der Waals surface area (Å²) in [4.78, 5) is 0. The first-order chi connectivity index (χ1) is 6.22. The van der Waals surface area contributed by atoms with E-state index in [4.69, 9.17) is 0 Å². The van der Waals surface area contributed by atoms with Gasteiger partial charge < -0.3 is 5.32 Å². The molecule has 1 rings (SSSR count). The fraction of sp³-hybridized carbons (Fsp3) is 0.700. The molecule has 1 unspecified atom stereocenters. The molecule has 1 aromatic heterocycles. The van der Waals surface area contributed by atoms with Crippen LogP contribution in [0.1, 0.15) is 18.9 Å². The van der Waals surface area contributed by atoms with Crippen LogP contribution in [0.2, 0.25) is 0 Å². The van der Waals surface area contributed by atoms with Crippen molar-refractivity contribution in [1.29, 1.82) is 0 Å². The zero-order valence-corrected chi connectivity index (χ0v) is 8.75. The van der Waals surface area contributed by atoms with Gasteiger partial charge in [0.25, 0.3) is 0 Å². The lowest BCUT2D eigenvalue weighted by atomic mass is 10.0. The summed E-state index contributed by atoms with van der Waals surface area (Å²) in [5.74, 6) is 0.733. The van der Waals surface area contributed by atoms with E-state index in [0.29, 0.717) is 0 Å². The van der Waals surface area contributed by atoms with Crippen LogP contribution in [0.25, 0.3) is 0 Å². The summed E-state index contributed by atoms with van der Waals surface area (Å²) in [7, 11) is 3.96. The van der Waals surface area contributed by atoms with Gasteiger partial charge in [0.1, 0.15) is 0 Å². The lowest BCUT2D eigenvalue weighted by Gasteiger charge is -2.08. The molecule has 1 aromatic rings. The van der Waals surface area contributed by atoms with Crippen molar-refractivity contribution in [1.82, 2.24) is 15.1 Å². The lowest BCUT2D eigenvalue weighted by Crippen LogP contribution is -2.12. The average Bonchev–Trinajstić information content (AvgIpc) is 2.48. The van der Waals surface area contributed by atoms with E-state index in [1.54, 1.807) is 0 Å². The van der Waals surface area contributed by atoms with Crippen LogP contribution >= 0.6 is 0 Å². The first-order valence-electron chi connectivity index (χ1n) is 4.84. The molecule has 0 amide bonds. The summed E-state index contributed by atoms with van der Waals surface area (Å²) in [5.41, 5.74) is 1.34. The second-order valence-electron chi connectivity index (χ2n) is 3.72. The summed E-state index contributed by atoms with van der Waals surface area (Å²) in [6.07, 6.45) is 6.41. The van der Waals surface area contributed by atoms with Crippen LogP contribution in [-0.2, 0) is 13.5 Å². The molecule has 74 valence electrons. The first kappa shape index (κ1) is 10.3. The largest absolute Gasteiger partial charge is 0.320 e. The number of nitrogens with one attached hydrogen (secondary N) is 1. The summed E-state index contributed by atoms with van der Waals surface area (Å²) < 4.78 is 1.86. The van der Waals surface area contributed by atoms with E-state index in [1.807, 2.05) is 25.0 Å². The van der Waals surface area contributed by atoms with E-state index < -0.39 is 0 Å². The van der Waals surface area contributed by atoms with Gasteiger partial charge in [0.15, 0.2) is 0 Å². The van der Waals surface area contributed by atoms with Gasteiger partial charge in [0.2, 0.25) is 0 Å². The SMILES string of the molecule is CNCCC(C)Cc1cnn(C)c1. The Morgan fingerprint density at radius 1 is 1.62 bits per heavy atom. The molecule has 0 saturated carbocycles. The molecule has 0 aromatic carbocycles. The number of rotatable bonds is 5. The van der Waals surface area contributed by atoms with Gasteiger partial charge in [-0.05, 0) is 37.9 Å². The molecule has 13 heavy (non-hydrogen) atoms. The van der Waals surface area contributed by atoms with Crippen molar-refractivity contribution in [2.75, 3.05) is 13.6 Å². The Morgan fingerprint density at radius 3 is 2.92 bits per heavy atom. The highest BCUT2D eigenvalue weighted by Crippen LogP contribution is 2.09. The Kier molecular flexibility index (Phi) is 3.96. The van der Waals surface area contributed by atoms with Crippen LogP contribution in [0.15, 0.2) is 12.4 Å². The molecule has 1 heterocycles. The van der Waals surface area contributed by atoms with Crippen LogP contribution in [-0.4, -0.2) is 23.4 Å². The molecule has 0 aliphatic rings. The van der Waals surface area contributed by atoms with Crippen molar-refractivity contribution < 1.29 is 0 Å². The first-order valence-corrected chi connectivity index (χ1v) is 4.84. The van der Waals surface area contributed by atoms with Gasteiger partial charge >= 0.3 is 0 Å². The molecule has 0 radical (unpaired) electrons. The Balaban J connectivity index is 2.31. The quantitative estimate of drug-likeness (QED) is 0.740. The molecule has 3 nitrogen and oxygen atoms in total. The minimum absolute atomic E-state index is 0.733. The molecule has 0 aliphatic carbocycles. The molecule has 0 spiro atoms. The molecule has 3 heteroatoms. The van der Waals surface area contributed by atoms with E-state index in [9.17, 15) is 0 Å². The van der Waals surface area contributed by atoms with Gasteiger partial charge in [-0.3, -0.25) is 4.68 Å². The summed E-state index contributed by atoms with van der Waals surface area (Å²) in [6.45, 7) is 3.38. The minimum Gasteiger partial charge on any atom is -0.320 e. The van der Waals surface area contributed by atoms with Crippen LogP contribution in [0.5, 0.6) is 0 Å². The number of hydrogen-bond donors (Lipinski definition) is 1. The molecule has 0 fully saturated rings. The van der Waals surface area contributed by atoms with Crippen molar-refractivity contribution in [3.05, 3.63) is 18.0 Å². The zero-order chi connectivity index (χ0) is 9.68. The van der Waals surface area contributed by atoms with E-state index in [0.717, 1.165) is 18.9 Å². The van der Waals surface area contributed by atoms with Crippen molar-refractivity contribution in [3.8, 4) is 0 Å². The molecule has 0 saturated heterocycles. The van der Waals surface area contributed by atoms with Gasteiger partial charge in [-0.1, -0.05) is 6.92 Å². The van der Waals surface area contributed by atoms with Gasteiger partial charge in [0.05, 0.1) is 6.20 Å². The second-order valence-corrected chi connectivity index (χ2v) is 3.72.